The molecule has 0 bridgehead atoms. The molecule has 1 spiro atoms. The quantitative estimate of drug-likeness (QED) is 0.683. The van der Waals surface area contributed by atoms with Gasteiger partial charge in [0.25, 0.3) is 5.91 Å². The molecule has 4 nitrogen and oxygen atoms in total. The number of hydrogen-bond donors (Lipinski definition) is 1. The first kappa shape index (κ1) is 10.9. The van der Waals surface area contributed by atoms with Gasteiger partial charge in [-0.3, -0.25) is 4.79 Å². The van der Waals surface area contributed by atoms with Crippen LogP contribution in [0.15, 0.2) is 0 Å². The molecular formula is C11H20N2O2. The van der Waals surface area contributed by atoms with Gasteiger partial charge in [-0.2, -0.15) is 0 Å². The number of likely N-dealkylation sites (N-methyl/N-ethyl adjacent to an activating group) is 1. The van der Waals surface area contributed by atoms with E-state index in [-0.39, 0.29) is 17.6 Å². The summed E-state index contributed by atoms with van der Waals surface area (Å²) < 4.78 is 6.02. The van der Waals surface area contributed by atoms with E-state index >= 15 is 0 Å². The van der Waals surface area contributed by atoms with Crippen LogP contribution >= 0.6 is 0 Å². The van der Waals surface area contributed by atoms with Gasteiger partial charge in [0.2, 0.25) is 0 Å². The number of piperidine rings is 1. The van der Waals surface area contributed by atoms with Crippen LogP contribution < -0.4 is 5.32 Å². The number of carbonyl (C=O) groups excluding carboxylic acids is 1. The highest BCUT2D eigenvalue weighted by atomic mass is 16.5. The lowest BCUT2D eigenvalue weighted by atomic mass is 9.89. The number of hydrogen-bond acceptors (Lipinski definition) is 3. The summed E-state index contributed by atoms with van der Waals surface area (Å²) >= 11 is 0. The first-order chi connectivity index (χ1) is 7.17. The fraction of sp³-hybridized carbons (Fsp3) is 0.909. The minimum Gasteiger partial charge on any atom is -0.360 e. The molecule has 1 N–H and O–H groups in total. The van der Waals surface area contributed by atoms with Crippen molar-refractivity contribution in [1.29, 1.82) is 0 Å². The lowest BCUT2D eigenvalue weighted by Gasteiger charge is -2.46. The van der Waals surface area contributed by atoms with Crippen molar-refractivity contribution < 1.29 is 9.53 Å². The van der Waals surface area contributed by atoms with Gasteiger partial charge in [-0.25, -0.2) is 0 Å². The molecule has 2 fully saturated rings. The molecule has 0 saturated carbocycles. The van der Waals surface area contributed by atoms with Crippen LogP contribution in [-0.2, 0) is 9.53 Å². The van der Waals surface area contributed by atoms with Crippen LogP contribution in [0.25, 0.3) is 0 Å². The topological polar surface area (TPSA) is 41.6 Å². The monoisotopic (exact) mass is 212 g/mol. The van der Waals surface area contributed by atoms with Crippen molar-refractivity contribution in [2.75, 3.05) is 26.7 Å². The maximum Gasteiger partial charge on any atom is 0.251 e. The summed E-state index contributed by atoms with van der Waals surface area (Å²) in [6.45, 7) is 4.76. The molecule has 0 radical (unpaired) electrons. The van der Waals surface area contributed by atoms with E-state index in [0.29, 0.717) is 0 Å². The molecule has 1 unspecified atom stereocenters. The number of nitrogens with one attached hydrogen (secondary N) is 1. The number of carbonyl (C=O) groups is 1. The van der Waals surface area contributed by atoms with Gasteiger partial charge in [-0.1, -0.05) is 6.92 Å². The van der Waals surface area contributed by atoms with E-state index in [1.807, 2.05) is 18.9 Å². The average Bonchev–Trinajstić information content (AvgIpc) is 2.25. The Morgan fingerprint density at radius 1 is 1.53 bits per heavy atom. The van der Waals surface area contributed by atoms with Gasteiger partial charge in [0, 0.05) is 13.6 Å². The van der Waals surface area contributed by atoms with Crippen LogP contribution in [-0.4, -0.2) is 49.2 Å². The van der Waals surface area contributed by atoms with Gasteiger partial charge in [-0.05, 0) is 32.4 Å². The smallest absolute Gasteiger partial charge is 0.251 e. The molecule has 0 aromatic carbocycles. The molecule has 4 heteroatoms. The maximum atomic E-state index is 11.8. The number of rotatable bonds is 1. The zero-order chi connectivity index (χ0) is 10.9. The fourth-order valence-corrected chi connectivity index (χ4v) is 2.56. The summed E-state index contributed by atoms with van der Waals surface area (Å²) in [6.07, 6.45) is 2.59. The van der Waals surface area contributed by atoms with E-state index in [9.17, 15) is 4.79 Å². The van der Waals surface area contributed by atoms with E-state index in [1.54, 1.807) is 0 Å². The molecule has 2 aliphatic heterocycles. The predicted molar refractivity (Wildman–Crippen MR) is 57.6 cm³/mol. The second-order valence-corrected chi connectivity index (χ2v) is 4.64. The number of ether oxygens (including phenoxy) is 1. The largest absolute Gasteiger partial charge is 0.360 e. The van der Waals surface area contributed by atoms with Crippen molar-refractivity contribution in [1.82, 2.24) is 10.2 Å². The van der Waals surface area contributed by atoms with E-state index in [4.69, 9.17) is 4.74 Å². The minimum absolute atomic E-state index is 0.0748. The van der Waals surface area contributed by atoms with Gasteiger partial charge < -0.3 is 15.0 Å². The van der Waals surface area contributed by atoms with E-state index in [2.05, 4.69) is 5.32 Å². The molecule has 2 rings (SSSR count). The van der Waals surface area contributed by atoms with E-state index in [1.165, 1.54) is 0 Å². The van der Waals surface area contributed by atoms with Crippen LogP contribution in [0.2, 0.25) is 0 Å². The highest BCUT2D eigenvalue weighted by Gasteiger charge is 2.43. The Labute approximate surface area is 91.0 Å². The molecule has 0 aromatic rings. The van der Waals surface area contributed by atoms with Gasteiger partial charge in [-0.15, -0.1) is 0 Å². The summed E-state index contributed by atoms with van der Waals surface area (Å²) in [7, 11) is 1.89. The summed E-state index contributed by atoms with van der Waals surface area (Å²) in [5, 5.41) is 3.33. The van der Waals surface area contributed by atoms with Gasteiger partial charge in [0.1, 0.15) is 6.10 Å². The van der Waals surface area contributed by atoms with Crippen molar-refractivity contribution in [2.45, 2.75) is 37.9 Å². The Kier molecular flexibility index (Phi) is 2.98. The lowest BCUT2D eigenvalue weighted by molar-refractivity contribution is -0.186. The Morgan fingerprint density at radius 3 is 2.80 bits per heavy atom. The average molecular weight is 212 g/mol. The molecule has 2 aliphatic rings. The normalized spacial score (nSPS) is 30.9. The number of nitrogens with zero attached hydrogens (tertiary/aromatic N) is 1. The molecule has 15 heavy (non-hydrogen) atoms. The maximum absolute atomic E-state index is 11.8. The highest BCUT2D eigenvalue weighted by Crippen LogP contribution is 2.30. The second-order valence-electron chi connectivity index (χ2n) is 4.64. The Morgan fingerprint density at radius 2 is 2.20 bits per heavy atom. The zero-order valence-electron chi connectivity index (χ0n) is 9.58. The molecule has 0 aromatic heterocycles. The van der Waals surface area contributed by atoms with Crippen molar-refractivity contribution in [3.05, 3.63) is 0 Å². The number of morpholine rings is 1. The lowest BCUT2D eigenvalue weighted by Crippen LogP contribution is -2.60. The Hall–Kier alpha value is -0.610. The van der Waals surface area contributed by atoms with Gasteiger partial charge in [0.05, 0.1) is 5.60 Å². The Balaban J connectivity index is 2.11. The molecule has 86 valence electrons. The van der Waals surface area contributed by atoms with Crippen LogP contribution in [0.4, 0.5) is 0 Å². The second kappa shape index (κ2) is 4.10. The fourth-order valence-electron chi connectivity index (χ4n) is 2.56. The van der Waals surface area contributed by atoms with Crippen molar-refractivity contribution in [3.63, 3.8) is 0 Å². The molecule has 2 heterocycles. The standard InChI is InChI=1S/C11H20N2O2/c1-3-9-10(14)13(2)8-11(15-9)4-6-12-7-5-11/h9,12H,3-8H2,1-2H3. The molecule has 0 aliphatic carbocycles. The minimum atomic E-state index is -0.221. The summed E-state index contributed by atoms with van der Waals surface area (Å²) in [5.41, 5.74) is -0.0748. The third-order valence-electron chi connectivity index (χ3n) is 3.45. The van der Waals surface area contributed by atoms with Crippen molar-refractivity contribution in [2.24, 2.45) is 0 Å². The molecular weight excluding hydrogens is 192 g/mol. The van der Waals surface area contributed by atoms with Crippen molar-refractivity contribution >= 4 is 5.91 Å². The Bertz CT molecular complexity index is 249. The molecule has 2 saturated heterocycles. The molecule has 1 atom stereocenters. The number of amides is 1. The van der Waals surface area contributed by atoms with Crippen LogP contribution in [0.1, 0.15) is 26.2 Å². The SMILES string of the molecule is CCC1OC2(CCNCC2)CN(C)C1=O. The summed E-state index contributed by atoms with van der Waals surface area (Å²) in [6, 6.07) is 0. The van der Waals surface area contributed by atoms with Crippen LogP contribution in [0.5, 0.6) is 0 Å². The van der Waals surface area contributed by atoms with E-state index < -0.39 is 0 Å². The van der Waals surface area contributed by atoms with E-state index in [0.717, 1.165) is 38.9 Å². The third-order valence-corrected chi connectivity index (χ3v) is 3.45. The van der Waals surface area contributed by atoms with Crippen LogP contribution in [0.3, 0.4) is 0 Å². The summed E-state index contributed by atoms with van der Waals surface area (Å²) in [5.74, 6) is 0.140. The van der Waals surface area contributed by atoms with Gasteiger partial charge >= 0.3 is 0 Å². The highest BCUT2D eigenvalue weighted by molar-refractivity contribution is 5.81. The van der Waals surface area contributed by atoms with Gasteiger partial charge in [0.15, 0.2) is 0 Å². The molecule has 1 amide bonds. The van der Waals surface area contributed by atoms with Crippen molar-refractivity contribution in [3.8, 4) is 0 Å². The summed E-state index contributed by atoms with van der Waals surface area (Å²) in [4.78, 5) is 13.6. The van der Waals surface area contributed by atoms with Crippen LogP contribution in [0, 0.1) is 0 Å². The zero-order valence-corrected chi connectivity index (χ0v) is 9.58. The predicted octanol–water partition coefficient (Wildman–Crippen LogP) is 0.376. The first-order valence-corrected chi connectivity index (χ1v) is 5.80. The third kappa shape index (κ3) is 2.01. The first-order valence-electron chi connectivity index (χ1n) is 5.80.